The Hall–Kier alpha value is -0.800. The van der Waals surface area contributed by atoms with Gasteiger partial charge in [0.25, 0.3) is 0 Å². The molecule has 1 fully saturated rings. The van der Waals surface area contributed by atoms with Crippen LogP contribution < -0.4 is 10.1 Å². The van der Waals surface area contributed by atoms with Crippen molar-refractivity contribution in [1.29, 1.82) is 0 Å². The number of ether oxygens (including phenoxy) is 1. The smallest absolute Gasteiger partial charge is 0.145 e. The van der Waals surface area contributed by atoms with E-state index in [1.807, 2.05) is 0 Å². The van der Waals surface area contributed by atoms with Crippen molar-refractivity contribution in [3.05, 3.63) is 29.0 Å². The molecule has 0 unspecified atom stereocenters. The van der Waals surface area contributed by atoms with Crippen LogP contribution in [0.4, 0.5) is 4.39 Å². The molecule has 1 aromatic carbocycles. The Bertz CT molecular complexity index is 393. The second kappa shape index (κ2) is 6.39. The summed E-state index contributed by atoms with van der Waals surface area (Å²) in [4.78, 5) is 0. The second-order valence-corrected chi connectivity index (χ2v) is 5.49. The zero-order valence-electron chi connectivity index (χ0n) is 10.6. The van der Waals surface area contributed by atoms with Crippen LogP contribution in [0.15, 0.2) is 18.2 Å². The Morgan fingerprint density at radius 3 is 3.06 bits per heavy atom. The maximum absolute atomic E-state index is 13.2. The topological polar surface area (TPSA) is 21.3 Å². The summed E-state index contributed by atoms with van der Waals surface area (Å²) in [6.45, 7) is 5.03. The molecule has 2 atom stereocenters. The van der Waals surface area contributed by atoms with E-state index in [2.05, 4.69) is 12.2 Å². The molecule has 0 bridgehead atoms. The summed E-state index contributed by atoms with van der Waals surface area (Å²) >= 11 is 5.62. The van der Waals surface area contributed by atoms with Crippen molar-refractivity contribution >= 4 is 11.6 Å². The van der Waals surface area contributed by atoms with Gasteiger partial charge in [-0.2, -0.15) is 0 Å². The lowest BCUT2D eigenvalue weighted by Gasteiger charge is -2.16. The molecule has 4 heteroatoms. The molecule has 2 rings (SSSR count). The third-order valence-corrected chi connectivity index (χ3v) is 3.63. The van der Waals surface area contributed by atoms with Gasteiger partial charge in [-0.25, -0.2) is 4.39 Å². The highest BCUT2D eigenvalue weighted by atomic mass is 35.5. The minimum atomic E-state index is -0.429. The first-order valence-corrected chi connectivity index (χ1v) is 6.81. The molecular weight excluding hydrogens is 253 g/mol. The normalized spacial score (nSPS) is 20.9. The fourth-order valence-corrected chi connectivity index (χ4v) is 2.48. The number of hydrogen-bond donors (Lipinski definition) is 1. The van der Waals surface area contributed by atoms with Crippen molar-refractivity contribution in [2.24, 2.45) is 11.8 Å². The molecule has 0 aliphatic carbocycles. The third-order valence-electron chi connectivity index (χ3n) is 3.32. The quantitative estimate of drug-likeness (QED) is 0.885. The van der Waals surface area contributed by atoms with E-state index in [1.54, 1.807) is 6.07 Å². The number of hydrogen-bond acceptors (Lipinski definition) is 2. The van der Waals surface area contributed by atoms with E-state index >= 15 is 0 Å². The molecule has 2 nitrogen and oxygen atoms in total. The van der Waals surface area contributed by atoms with Crippen LogP contribution in [-0.2, 0) is 0 Å². The highest BCUT2D eigenvalue weighted by Gasteiger charge is 2.17. The molecule has 1 aliphatic heterocycles. The summed E-state index contributed by atoms with van der Waals surface area (Å²) in [6.07, 6.45) is 2.41. The zero-order chi connectivity index (χ0) is 13.0. The molecule has 1 heterocycles. The Balaban J connectivity index is 1.77. The number of nitrogens with one attached hydrogen (secondary N) is 1. The monoisotopic (exact) mass is 271 g/mol. The molecular formula is C14H19ClFNO. The Labute approximate surface area is 112 Å². The Kier molecular flexibility index (Phi) is 4.84. The largest absolute Gasteiger partial charge is 0.493 e. The average molecular weight is 272 g/mol. The van der Waals surface area contributed by atoms with E-state index in [-0.39, 0.29) is 5.02 Å². The van der Waals surface area contributed by atoms with Crippen molar-refractivity contribution in [2.45, 2.75) is 19.8 Å². The fraction of sp³-hybridized carbons (Fsp3) is 0.571. The van der Waals surface area contributed by atoms with Crippen LogP contribution in [0, 0.1) is 17.7 Å². The SMILES string of the molecule is C[C@@H](COc1ccc(Cl)c(F)c1)C[C@@H]1CCNC1. The Morgan fingerprint density at radius 1 is 1.56 bits per heavy atom. The van der Waals surface area contributed by atoms with Crippen molar-refractivity contribution in [3.63, 3.8) is 0 Å². The summed E-state index contributed by atoms with van der Waals surface area (Å²) in [7, 11) is 0. The lowest BCUT2D eigenvalue weighted by molar-refractivity contribution is 0.234. The van der Waals surface area contributed by atoms with Crippen molar-refractivity contribution in [1.82, 2.24) is 5.32 Å². The van der Waals surface area contributed by atoms with Gasteiger partial charge in [0, 0.05) is 6.07 Å². The van der Waals surface area contributed by atoms with E-state index in [0.717, 1.165) is 25.4 Å². The lowest BCUT2D eigenvalue weighted by Crippen LogP contribution is -2.15. The molecule has 0 radical (unpaired) electrons. The van der Waals surface area contributed by atoms with E-state index in [4.69, 9.17) is 16.3 Å². The van der Waals surface area contributed by atoms with Crippen molar-refractivity contribution in [2.75, 3.05) is 19.7 Å². The summed E-state index contributed by atoms with van der Waals surface area (Å²) in [5, 5.41) is 3.49. The van der Waals surface area contributed by atoms with E-state index < -0.39 is 5.82 Å². The average Bonchev–Trinajstić information content (AvgIpc) is 2.83. The fourth-order valence-electron chi connectivity index (χ4n) is 2.36. The maximum Gasteiger partial charge on any atom is 0.145 e. The molecule has 1 aromatic rings. The van der Waals surface area contributed by atoms with Crippen LogP contribution in [0.25, 0.3) is 0 Å². The van der Waals surface area contributed by atoms with Gasteiger partial charge in [-0.3, -0.25) is 0 Å². The molecule has 1 N–H and O–H groups in total. The van der Waals surface area contributed by atoms with Crippen molar-refractivity contribution in [3.8, 4) is 5.75 Å². The molecule has 0 saturated carbocycles. The first-order chi connectivity index (χ1) is 8.65. The molecule has 0 spiro atoms. The number of rotatable bonds is 5. The first-order valence-electron chi connectivity index (χ1n) is 6.43. The van der Waals surface area contributed by atoms with Gasteiger partial charge in [0.1, 0.15) is 11.6 Å². The summed E-state index contributed by atoms with van der Waals surface area (Å²) < 4.78 is 18.8. The van der Waals surface area contributed by atoms with Crippen LogP contribution in [0.3, 0.4) is 0 Å². The van der Waals surface area contributed by atoms with Crippen LogP contribution in [0.2, 0.25) is 5.02 Å². The van der Waals surface area contributed by atoms with Gasteiger partial charge in [0.15, 0.2) is 0 Å². The minimum absolute atomic E-state index is 0.132. The molecule has 0 amide bonds. The van der Waals surface area contributed by atoms with Gasteiger partial charge >= 0.3 is 0 Å². The van der Waals surface area contributed by atoms with Crippen molar-refractivity contribution < 1.29 is 9.13 Å². The van der Waals surface area contributed by atoms with Gasteiger partial charge in [0.2, 0.25) is 0 Å². The van der Waals surface area contributed by atoms with Crippen LogP contribution in [0.5, 0.6) is 5.75 Å². The van der Waals surface area contributed by atoms with Gasteiger partial charge in [-0.1, -0.05) is 18.5 Å². The van der Waals surface area contributed by atoms with Gasteiger partial charge < -0.3 is 10.1 Å². The second-order valence-electron chi connectivity index (χ2n) is 5.09. The standard InChI is InChI=1S/C14H19ClFNO/c1-10(6-11-4-5-17-8-11)9-18-12-2-3-13(15)14(16)7-12/h2-3,7,10-11,17H,4-6,8-9H2,1H3/t10-,11+/m1/s1. The lowest BCUT2D eigenvalue weighted by atomic mass is 9.96. The summed E-state index contributed by atoms with van der Waals surface area (Å²) in [5.41, 5.74) is 0. The predicted molar refractivity (Wildman–Crippen MR) is 71.7 cm³/mol. The molecule has 1 aliphatic rings. The molecule has 100 valence electrons. The van der Waals surface area contributed by atoms with E-state index in [0.29, 0.717) is 18.3 Å². The highest BCUT2D eigenvalue weighted by Crippen LogP contribution is 2.22. The number of benzene rings is 1. The first kappa shape index (κ1) is 13.6. The summed E-state index contributed by atoms with van der Waals surface area (Å²) in [5.74, 6) is 1.36. The number of halogens is 2. The van der Waals surface area contributed by atoms with E-state index in [9.17, 15) is 4.39 Å². The van der Waals surface area contributed by atoms with Crippen LogP contribution in [-0.4, -0.2) is 19.7 Å². The third kappa shape index (κ3) is 3.85. The molecule has 18 heavy (non-hydrogen) atoms. The van der Waals surface area contributed by atoms with Gasteiger partial charge in [-0.05, 0) is 49.9 Å². The van der Waals surface area contributed by atoms with Gasteiger partial charge in [-0.15, -0.1) is 0 Å². The van der Waals surface area contributed by atoms with Crippen LogP contribution >= 0.6 is 11.6 Å². The van der Waals surface area contributed by atoms with Gasteiger partial charge in [0.05, 0.1) is 11.6 Å². The highest BCUT2D eigenvalue weighted by molar-refractivity contribution is 6.30. The molecule has 0 aromatic heterocycles. The minimum Gasteiger partial charge on any atom is -0.493 e. The van der Waals surface area contributed by atoms with Crippen LogP contribution in [0.1, 0.15) is 19.8 Å². The maximum atomic E-state index is 13.2. The van der Waals surface area contributed by atoms with E-state index in [1.165, 1.54) is 18.6 Å². The Morgan fingerprint density at radius 2 is 2.39 bits per heavy atom. The predicted octanol–water partition coefficient (Wildman–Crippen LogP) is 3.49. The molecule has 1 saturated heterocycles. The zero-order valence-corrected chi connectivity index (χ0v) is 11.3. The summed E-state index contributed by atoms with van der Waals surface area (Å²) in [6, 6.07) is 4.57.